The molecule has 0 unspecified atom stereocenters. The van der Waals surface area contributed by atoms with Gasteiger partial charge in [-0.15, -0.1) is 0 Å². The number of pyridine rings is 1. The van der Waals surface area contributed by atoms with Crippen LogP contribution in [0, 0.1) is 6.92 Å². The summed E-state index contributed by atoms with van der Waals surface area (Å²) in [7, 11) is 1.92. The predicted octanol–water partition coefficient (Wildman–Crippen LogP) is 2.52. The molecule has 0 atom stereocenters. The van der Waals surface area contributed by atoms with Gasteiger partial charge in [0.2, 0.25) is 0 Å². The van der Waals surface area contributed by atoms with Crippen molar-refractivity contribution >= 4 is 5.82 Å². The number of aromatic nitrogens is 3. The maximum Gasteiger partial charge on any atom is 0.169 e. The molecule has 2 heterocycles. The first kappa shape index (κ1) is 13.4. The van der Waals surface area contributed by atoms with Crippen LogP contribution in [0.5, 0.6) is 5.75 Å². The van der Waals surface area contributed by atoms with E-state index in [-0.39, 0.29) is 0 Å². The molecule has 2 rings (SSSR count). The predicted molar refractivity (Wildman–Crippen MR) is 75.3 cm³/mol. The SMILES string of the molecule is CCCOc1cccnc1NCc1cn(C)nc1C. The second kappa shape index (κ2) is 6.22. The molecule has 0 aliphatic heterocycles. The van der Waals surface area contributed by atoms with E-state index in [1.807, 2.05) is 37.0 Å². The van der Waals surface area contributed by atoms with Crippen LogP contribution in [0.3, 0.4) is 0 Å². The van der Waals surface area contributed by atoms with E-state index in [1.54, 1.807) is 6.20 Å². The zero-order chi connectivity index (χ0) is 13.7. The fourth-order valence-electron chi connectivity index (χ4n) is 1.85. The highest BCUT2D eigenvalue weighted by atomic mass is 16.5. The maximum atomic E-state index is 5.66. The topological polar surface area (TPSA) is 52.0 Å². The summed E-state index contributed by atoms with van der Waals surface area (Å²) >= 11 is 0. The van der Waals surface area contributed by atoms with E-state index < -0.39 is 0 Å². The first-order chi connectivity index (χ1) is 9.20. The lowest BCUT2D eigenvalue weighted by Gasteiger charge is -2.11. The third-order valence-electron chi connectivity index (χ3n) is 2.79. The molecule has 5 nitrogen and oxygen atoms in total. The van der Waals surface area contributed by atoms with Crippen molar-refractivity contribution < 1.29 is 4.74 Å². The van der Waals surface area contributed by atoms with Gasteiger partial charge in [-0.2, -0.15) is 5.10 Å². The second-order valence-electron chi connectivity index (χ2n) is 4.47. The molecule has 0 amide bonds. The van der Waals surface area contributed by atoms with Gasteiger partial charge in [0.1, 0.15) is 0 Å². The highest BCUT2D eigenvalue weighted by molar-refractivity contribution is 5.49. The van der Waals surface area contributed by atoms with Crippen molar-refractivity contribution in [2.24, 2.45) is 7.05 Å². The molecule has 0 radical (unpaired) electrons. The first-order valence-corrected chi connectivity index (χ1v) is 6.51. The van der Waals surface area contributed by atoms with Crippen molar-refractivity contribution in [1.29, 1.82) is 0 Å². The van der Waals surface area contributed by atoms with Gasteiger partial charge < -0.3 is 10.1 Å². The van der Waals surface area contributed by atoms with Crippen molar-refractivity contribution in [1.82, 2.24) is 14.8 Å². The van der Waals surface area contributed by atoms with Gasteiger partial charge in [-0.05, 0) is 25.5 Å². The van der Waals surface area contributed by atoms with E-state index in [1.165, 1.54) is 0 Å². The molecule has 1 N–H and O–H groups in total. The molecule has 2 aromatic heterocycles. The number of ether oxygens (including phenoxy) is 1. The molecule has 0 bridgehead atoms. The molecule has 0 aliphatic carbocycles. The van der Waals surface area contributed by atoms with Gasteiger partial charge >= 0.3 is 0 Å². The summed E-state index contributed by atoms with van der Waals surface area (Å²) in [5, 5.41) is 7.62. The van der Waals surface area contributed by atoms with E-state index in [0.717, 1.165) is 29.2 Å². The summed E-state index contributed by atoms with van der Waals surface area (Å²) in [6, 6.07) is 3.81. The average molecular weight is 260 g/mol. The van der Waals surface area contributed by atoms with Crippen LogP contribution in [0.4, 0.5) is 5.82 Å². The van der Waals surface area contributed by atoms with E-state index >= 15 is 0 Å². The van der Waals surface area contributed by atoms with Gasteiger partial charge in [-0.25, -0.2) is 4.98 Å². The summed E-state index contributed by atoms with van der Waals surface area (Å²) in [5.41, 5.74) is 2.19. The van der Waals surface area contributed by atoms with Crippen LogP contribution < -0.4 is 10.1 Å². The lowest BCUT2D eigenvalue weighted by atomic mass is 10.2. The van der Waals surface area contributed by atoms with Crippen molar-refractivity contribution in [3.8, 4) is 5.75 Å². The molecule has 2 aromatic rings. The molecule has 0 aromatic carbocycles. The molecule has 19 heavy (non-hydrogen) atoms. The fourth-order valence-corrected chi connectivity index (χ4v) is 1.85. The van der Waals surface area contributed by atoms with Gasteiger partial charge in [0, 0.05) is 31.5 Å². The van der Waals surface area contributed by atoms with Gasteiger partial charge in [-0.3, -0.25) is 4.68 Å². The van der Waals surface area contributed by atoms with Gasteiger partial charge in [0.25, 0.3) is 0 Å². The lowest BCUT2D eigenvalue weighted by molar-refractivity contribution is 0.318. The lowest BCUT2D eigenvalue weighted by Crippen LogP contribution is -2.05. The standard InChI is InChI=1S/C14H20N4O/c1-4-8-19-13-6-5-7-15-14(13)16-9-12-10-18(3)17-11(12)2/h5-7,10H,4,8-9H2,1-3H3,(H,15,16). The van der Waals surface area contributed by atoms with Crippen LogP contribution in [-0.4, -0.2) is 21.4 Å². The first-order valence-electron chi connectivity index (χ1n) is 6.51. The van der Waals surface area contributed by atoms with E-state index in [9.17, 15) is 0 Å². The Morgan fingerprint density at radius 3 is 2.95 bits per heavy atom. The van der Waals surface area contributed by atoms with Gasteiger partial charge in [0.05, 0.1) is 12.3 Å². The van der Waals surface area contributed by atoms with Gasteiger partial charge in [0.15, 0.2) is 11.6 Å². The minimum atomic E-state index is 0.694. The normalized spacial score (nSPS) is 10.5. The summed E-state index contributed by atoms with van der Waals surface area (Å²) in [6.45, 7) is 5.48. The fraction of sp³-hybridized carbons (Fsp3) is 0.429. The van der Waals surface area contributed by atoms with Crippen LogP contribution in [0.15, 0.2) is 24.5 Å². The number of hydrogen-bond donors (Lipinski definition) is 1. The van der Waals surface area contributed by atoms with Crippen molar-refractivity contribution in [3.05, 3.63) is 35.8 Å². The Balaban J connectivity index is 2.04. The quantitative estimate of drug-likeness (QED) is 0.867. The third kappa shape index (κ3) is 3.47. The monoisotopic (exact) mass is 260 g/mol. The Labute approximate surface area is 113 Å². The molecule has 0 spiro atoms. The Morgan fingerprint density at radius 2 is 2.26 bits per heavy atom. The Morgan fingerprint density at radius 1 is 1.42 bits per heavy atom. The maximum absolute atomic E-state index is 5.66. The molecule has 0 saturated carbocycles. The highest BCUT2D eigenvalue weighted by Crippen LogP contribution is 2.21. The largest absolute Gasteiger partial charge is 0.490 e. The summed E-state index contributed by atoms with van der Waals surface area (Å²) < 4.78 is 7.48. The molecule has 5 heteroatoms. The minimum Gasteiger partial charge on any atom is -0.490 e. The second-order valence-corrected chi connectivity index (χ2v) is 4.47. The summed E-state index contributed by atoms with van der Waals surface area (Å²) in [5.74, 6) is 1.57. The highest BCUT2D eigenvalue weighted by Gasteiger charge is 2.06. The number of hydrogen-bond acceptors (Lipinski definition) is 4. The molecule has 0 fully saturated rings. The smallest absolute Gasteiger partial charge is 0.169 e. The zero-order valence-electron chi connectivity index (χ0n) is 11.7. The van der Waals surface area contributed by atoms with Crippen LogP contribution in [0.1, 0.15) is 24.6 Å². The van der Waals surface area contributed by atoms with E-state index in [0.29, 0.717) is 13.2 Å². The van der Waals surface area contributed by atoms with Gasteiger partial charge in [-0.1, -0.05) is 6.92 Å². The molecule has 0 aliphatic rings. The average Bonchev–Trinajstić information content (AvgIpc) is 2.73. The van der Waals surface area contributed by atoms with Crippen molar-refractivity contribution in [3.63, 3.8) is 0 Å². The van der Waals surface area contributed by atoms with E-state index in [2.05, 4.69) is 22.3 Å². The minimum absolute atomic E-state index is 0.694. The number of nitrogens with zero attached hydrogens (tertiary/aromatic N) is 3. The summed E-state index contributed by atoms with van der Waals surface area (Å²) in [6.07, 6.45) is 4.76. The zero-order valence-corrected chi connectivity index (χ0v) is 11.7. The Hall–Kier alpha value is -2.04. The number of aryl methyl sites for hydroxylation is 2. The third-order valence-corrected chi connectivity index (χ3v) is 2.79. The van der Waals surface area contributed by atoms with Crippen molar-refractivity contribution in [2.75, 3.05) is 11.9 Å². The summed E-state index contributed by atoms with van der Waals surface area (Å²) in [4.78, 5) is 4.32. The Kier molecular flexibility index (Phi) is 4.39. The van der Waals surface area contributed by atoms with Crippen LogP contribution in [0.25, 0.3) is 0 Å². The Bertz CT molecular complexity index is 536. The van der Waals surface area contributed by atoms with Crippen LogP contribution in [-0.2, 0) is 13.6 Å². The molecular formula is C14H20N4O. The molecule has 0 saturated heterocycles. The van der Waals surface area contributed by atoms with E-state index in [4.69, 9.17) is 4.74 Å². The van der Waals surface area contributed by atoms with Crippen LogP contribution in [0.2, 0.25) is 0 Å². The number of anilines is 1. The molecule has 102 valence electrons. The number of rotatable bonds is 6. The number of nitrogens with one attached hydrogen (secondary N) is 1. The van der Waals surface area contributed by atoms with Crippen molar-refractivity contribution in [2.45, 2.75) is 26.8 Å². The van der Waals surface area contributed by atoms with Crippen LogP contribution >= 0.6 is 0 Å². The molecular weight excluding hydrogens is 240 g/mol.